The van der Waals surface area contributed by atoms with E-state index >= 15 is 0 Å². The third-order valence-corrected chi connectivity index (χ3v) is 4.28. The van der Waals surface area contributed by atoms with E-state index in [-0.39, 0.29) is 5.91 Å². The minimum Gasteiger partial charge on any atom is -0.493 e. The number of amides is 1. The van der Waals surface area contributed by atoms with Crippen LogP contribution in [0.25, 0.3) is 0 Å². The number of likely N-dealkylation sites (tertiary alicyclic amines) is 1. The van der Waals surface area contributed by atoms with Gasteiger partial charge in [-0.2, -0.15) is 0 Å². The van der Waals surface area contributed by atoms with Crippen molar-refractivity contribution in [3.8, 4) is 11.5 Å². The van der Waals surface area contributed by atoms with Crippen molar-refractivity contribution in [1.29, 1.82) is 0 Å². The molecule has 1 amide bonds. The number of carbonyl (C=O) groups is 1. The van der Waals surface area contributed by atoms with Gasteiger partial charge in [-0.25, -0.2) is 0 Å². The summed E-state index contributed by atoms with van der Waals surface area (Å²) in [5.41, 5.74) is 0.396. The van der Waals surface area contributed by atoms with Crippen molar-refractivity contribution in [2.24, 2.45) is 0 Å². The van der Waals surface area contributed by atoms with Crippen molar-refractivity contribution in [3.05, 3.63) is 23.8 Å². The summed E-state index contributed by atoms with van der Waals surface area (Å²) in [6, 6.07) is 5.71. The first-order chi connectivity index (χ1) is 10.0. The largest absolute Gasteiger partial charge is 0.493 e. The van der Waals surface area contributed by atoms with E-state index in [1.165, 1.54) is 6.42 Å². The molecule has 0 radical (unpaired) electrons. The lowest BCUT2D eigenvalue weighted by Gasteiger charge is -2.34. The van der Waals surface area contributed by atoms with Crippen LogP contribution < -0.4 is 9.47 Å². The summed E-state index contributed by atoms with van der Waals surface area (Å²) in [4.78, 5) is 14.8. The zero-order valence-electron chi connectivity index (χ0n) is 13.4. The minimum atomic E-state index is -0.559. The van der Waals surface area contributed by atoms with Gasteiger partial charge in [0.1, 0.15) is 0 Å². The maximum atomic E-state index is 12.8. The predicted octanol–water partition coefficient (Wildman–Crippen LogP) is 2.99. The molecule has 0 spiro atoms. The van der Waals surface area contributed by atoms with E-state index in [2.05, 4.69) is 0 Å². The second-order valence-electron chi connectivity index (χ2n) is 6.05. The van der Waals surface area contributed by atoms with Crippen LogP contribution in [0.4, 0.5) is 0 Å². The van der Waals surface area contributed by atoms with E-state index in [4.69, 9.17) is 9.47 Å². The molecule has 0 saturated carbocycles. The fourth-order valence-corrected chi connectivity index (χ4v) is 2.84. The Bertz CT molecular complexity index is 505. The number of piperidine rings is 1. The van der Waals surface area contributed by atoms with Crippen molar-refractivity contribution in [1.82, 2.24) is 4.90 Å². The number of rotatable bonds is 4. The highest BCUT2D eigenvalue weighted by Gasteiger charge is 2.34. The van der Waals surface area contributed by atoms with E-state index in [1.54, 1.807) is 14.2 Å². The first kappa shape index (κ1) is 15.7. The molecule has 1 aliphatic rings. The summed E-state index contributed by atoms with van der Waals surface area (Å²) in [6.45, 7) is 5.70. The van der Waals surface area contributed by atoms with Gasteiger partial charge in [0.05, 0.1) is 19.6 Å². The Morgan fingerprint density at radius 1 is 1.05 bits per heavy atom. The smallest absolute Gasteiger partial charge is 0.232 e. The zero-order valence-corrected chi connectivity index (χ0v) is 13.4. The average molecular weight is 291 g/mol. The molecule has 0 unspecified atom stereocenters. The van der Waals surface area contributed by atoms with Crippen molar-refractivity contribution in [2.45, 2.75) is 38.5 Å². The van der Waals surface area contributed by atoms with Gasteiger partial charge >= 0.3 is 0 Å². The van der Waals surface area contributed by atoms with Gasteiger partial charge in [-0.1, -0.05) is 6.07 Å². The molecular weight excluding hydrogens is 266 g/mol. The predicted molar refractivity (Wildman–Crippen MR) is 83.0 cm³/mol. The lowest BCUT2D eigenvalue weighted by atomic mass is 9.82. The number of methoxy groups -OCH3 is 2. The highest BCUT2D eigenvalue weighted by Crippen LogP contribution is 2.34. The zero-order chi connectivity index (χ0) is 15.5. The molecule has 1 saturated heterocycles. The maximum Gasteiger partial charge on any atom is 0.232 e. The summed E-state index contributed by atoms with van der Waals surface area (Å²) in [5, 5.41) is 0. The van der Waals surface area contributed by atoms with Gasteiger partial charge in [0, 0.05) is 13.1 Å². The molecule has 21 heavy (non-hydrogen) atoms. The summed E-state index contributed by atoms with van der Waals surface area (Å²) in [7, 11) is 3.22. The quantitative estimate of drug-likeness (QED) is 0.856. The molecule has 1 aliphatic heterocycles. The van der Waals surface area contributed by atoms with E-state index in [0.29, 0.717) is 11.5 Å². The number of carbonyl (C=O) groups excluding carboxylic acids is 1. The Morgan fingerprint density at radius 3 is 2.24 bits per heavy atom. The number of benzene rings is 1. The van der Waals surface area contributed by atoms with Crippen LogP contribution in [0.2, 0.25) is 0 Å². The Labute approximate surface area is 127 Å². The van der Waals surface area contributed by atoms with Crippen molar-refractivity contribution in [3.63, 3.8) is 0 Å². The van der Waals surface area contributed by atoms with E-state index in [9.17, 15) is 4.79 Å². The van der Waals surface area contributed by atoms with Crippen molar-refractivity contribution in [2.75, 3.05) is 27.3 Å². The van der Waals surface area contributed by atoms with Crippen LogP contribution in [0.3, 0.4) is 0 Å². The number of hydrogen-bond donors (Lipinski definition) is 0. The standard InChI is InChI=1S/C17H25NO3/c1-17(2,16(19)18-10-6-5-7-11-18)13-8-9-14(20-3)15(12-13)21-4/h8-9,12H,5-7,10-11H2,1-4H3. The Kier molecular flexibility index (Phi) is 4.76. The molecule has 0 aromatic heterocycles. The lowest BCUT2D eigenvalue weighted by Crippen LogP contribution is -2.45. The summed E-state index contributed by atoms with van der Waals surface area (Å²) >= 11 is 0. The second-order valence-corrected chi connectivity index (χ2v) is 6.05. The molecule has 2 rings (SSSR count). The monoisotopic (exact) mass is 291 g/mol. The van der Waals surface area contributed by atoms with Crippen LogP contribution >= 0.6 is 0 Å². The Balaban J connectivity index is 2.27. The molecule has 1 aromatic carbocycles. The SMILES string of the molecule is COc1ccc(C(C)(C)C(=O)N2CCCCC2)cc1OC. The third kappa shape index (κ3) is 3.14. The molecule has 0 aliphatic carbocycles. The van der Waals surface area contributed by atoms with Gasteiger partial charge in [0.25, 0.3) is 0 Å². The Hall–Kier alpha value is -1.71. The molecule has 1 fully saturated rings. The van der Waals surface area contributed by atoms with Crippen molar-refractivity contribution >= 4 is 5.91 Å². The summed E-state index contributed by atoms with van der Waals surface area (Å²) < 4.78 is 10.6. The normalized spacial score (nSPS) is 15.7. The molecule has 4 nitrogen and oxygen atoms in total. The highest BCUT2D eigenvalue weighted by atomic mass is 16.5. The van der Waals surface area contributed by atoms with E-state index in [1.807, 2.05) is 36.9 Å². The molecule has 0 bridgehead atoms. The number of hydrogen-bond acceptors (Lipinski definition) is 3. The molecule has 1 aromatic rings. The maximum absolute atomic E-state index is 12.8. The van der Waals surface area contributed by atoms with Gasteiger partial charge in [0.2, 0.25) is 5.91 Å². The van der Waals surface area contributed by atoms with E-state index < -0.39 is 5.41 Å². The second kappa shape index (κ2) is 6.37. The van der Waals surface area contributed by atoms with Crippen LogP contribution in [-0.2, 0) is 10.2 Å². The van der Waals surface area contributed by atoms with Crippen LogP contribution in [0.15, 0.2) is 18.2 Å². The topological polar surface area (TPSA) is 38.8 Å². The molecule has 4 heteroatoms. The van der Waals surface area contributed by atoms with Gasteiger partial charge in [-0.3, -0.25) is 4.79 Å². The van der Waals surface area contributed by atoms with Gasteiger partial charge in [-0.05, 0) is 50.8 Å². The van der Waals surface area contributed by atoms with Gasteiger partial charge in [-0.15, -0.1) is 0 Å². The molecule has 1 heterocycles. The van der Waals surface area contributed by atoms with E-state index in [0.717, 1.165) is 31.5 Å². The lowest BCUT2D eigenvalue weighted by molar-refractivity contribution is -0.137. The summed E-state index contributed by atoms with van der Waals surface area (Å²) in [6.07, 6.45) is 3.43. The molecular formula is C17H25NO3. The Morgan fingerprint density at radius 2 is 1.67 bits per heavy atom. The van der Waals surface area contributed by atoms with Crippen LogP contribution in [0.1, 0.15) is 38.7 Å². The molecule has 0 N–H and O–H groups in total. The minimum absolute atomic E-state index is 0.189. The molecule has 116 valence electrons. The van der Waals surface area contributed by atoms with Crippen LogP contribution in [0, 0.1) is 0 Å². The van der Waals surface area contributed by atoms with Crippen LogP contribution in [-0.4, -0.2) is 38.1 Å². The van der Waals surface area contributed by atoms with Crippen LogP contribution in [0.5, 0.6) is 11.5 Å². The summed E-state index contributed by atoms with van der Waals surface area (Å²) in [5.74, 6) is 1.53. The van der Waals surface area contributed by atoms with Gasteiger partial charge in [0.15, 0.2) is 11.5 Å². The van der Waals surface area contributed by atoms with Crippen molar-refractivity contribution < 1.29 is 14.3 Å². The molecule has 0 atom stereocenters. The average Bonchev–Trinajstić information content (AvgIpc) is 2.54. The fraction of sp³-hybridized carbons (Fsp3) is 0.588. The highest BCUT2D eigenvalue weighted by molar-refractivity contribution is 5.87. The first-order valence-corrected chi connectivity index (χ1v) is 7.52. The fourth-order valence-electron chi connectivity index (χ4n) is 2.84. The van der Waals surface area contributed by atoms with Gasteiger partial charge < -0.3 is 14.4 Å². The first-order valence-electron chi connectivity index (χ1n) is 7.52. The number of ether oxygens (including phenoxy) is 2. The number of nitrogens with zero attached hydrogens (tertiary/aromatic N) is 1. The third-order valence-electron chi connectivity index (χ3n) is 4.28.